The second-order valence-electron chi connectivity index (χ2n) is 4.94. The lowest BCUT2D eigenvalue weighted by molar-refractivity contribution is 0.252. The zero-order valence-electron chi connectivity index (χ0n) is 13.4. The van der Waals surface area contributed by atoms with Crippen LogP contribution in [0, 0.1) is 5.82 Å². The largest absolute Gasteiger partial charge is 0.493 e. The van der Waals surface area contributed by atoms with Crippen molar-refractivity contribution in [3.8, 4) is 11.5 Å². The number of halogens is 2. The maximum Gasteiger partial charge on any atom is 0.319 e. The third-order valence-corrected chi connectivity index (χ3v) is 3.65. The molecule has 2 N–H and O–H groups in total. The van der Waals surface area contributed by atoms with Gasteiger partial charge in [-0.05, 0) is 24.1 Å². The van der Waals surface area contributed by atoms with E-state index in [1.54, 1.807) is 24.3 Å². The number of urea groups is 1. The number of nitrogens with one attached hydrogen (secondary N) is 2. The Morgan fingerprint density at radius 1 is 1.12 bits per heavy atom. The van der Waals surface area contributed by atoms with E-state index in [1.807, 2.05) is 0 Å². The molecule has 0 fully saturated rings. The van der Waals surface area contributed by atoms with E-state index in [4.69, 9.17) is 21.1 Å². The lowest BCUT2D eigenvalue weighted by Crippen LogP contribution is -2.30. The maximum absolute atomic E-state index is 12.8. The lowest BCUT2D eigenvalue weighted by atomic mass is 10.1. The molecule has 0 aliphatic rings. The van der Waals surface area contributed by atoms with Crippen LogP contribution in [0.1, 0.15) is 5.56 Å². The normalized spacial score (nSPS) is 10.2. The molecule has 2 rings (SSSR count). The van der Waals surface area contributed by atoms with Crippen molar-refractivity contribution in [2.24, 2.45) is 0 Å². The Kier molecular flexibility index (Phi) is 6.26. The Morgan fingerprint density at radius 3 is 2.38 bits per heavy atom. The fraction of sp³-hybridized carbons (Fsp3) is 0.235. The van der Waals surface area contributed by atoms with E-state index in [9.17, 15) is 9.18 Å². The molecule has 0 aliphatic heterocycles. The molecule has 0 bridgehead atoms. The quantitative estimate of drug-likeness (QED) is 0.830. The maximum atomic E-state index is 12.8. The number of benzene rings is 2. The summed E-state index contributed by atoms with van der Waals surface area (Å²) in [7, 11) is 3.00. The average molecular weight is 353 g/mol. The van der Waals surface area contributed by atoms with Gasteiger partial charge in [0, 0.05) is 18.7 Å². The summed E-state index contributed by atoms with van der Waals surface area (Å²) in [5, 5.41) is 5.70. The highest BCUT2D eigenvalue weighted by Gasteiger charge is 2.12. The zero-order chi connectivity index (χ0) is 17.5. The summed E-state index contributed by atoms with van der Waals surface area (Å²) in [5.41, 5.74) is 1.34. The monoisotopic (exact) mass is 352 g/mol. The van der Waals surface area contributed by atoms with Crippen molar-refractivity contribution >= 4 is 23.3 Å². The van der Waals surface area contributed by atoms with E-state index in [-0.39, 0.29) is 5.82 Å². The van der Waals surface area contributed by atoms with Gasteiger partial charge >= 0.3 is 6.03 Å². The van der Waals surface area contributed by atoms with Gasteiger partial charge in [-0.1, -0.05) is 23.7 Å². The third-order valence-electron chi connectivity index (χ3n) is 3.33. The Hall–Kier alpha value is -2.47. The molecule has 0 heterocycles. The van der Waals surface area contributed by atoms with Crippen LogP contribution in [-0.4, -0.2) is 26.8 Å². The molecule has 0 atom stereocenters. The van der Waals surface area contributed by atoms with E-state index in [1.165, 1.54) is 26.4 Å². The molecule has 128 valence electrons. The molecule has 0 saturated heterocycles. The Labute approximate surface area is 144 Å². The van der Waals surface area contributed by atoms with Crippen molar-refractivity contribution in [3.63, 3.8) is 0 Å². The van der Waals surface area contributed by atoms with Gasteiger partial charge in [-0.3, -0.25) is 0 Å². The van der Waals surface area contributed by atoms with E-state index < -0.39 is 6.03 Å². The molecular weight excluding hydrogens is 335 g/mol. The first-order valence-electron chi connectivity index (χ1n) is 7.24. The molecule has 7 heteroatoms. The van der Waals surface area contributed by atoms with E-state index in [0.717, 1.165) is 5.56 Å². The van der Waals surface area contributed by atoms with Crippen LogP contribution in [0.15, 0.2) is 36.4 Å². The number of carbonyl (C=O) groups excluding carboxylic acids is 1. The van der Waals surface area contributed by atoms with Crippen molar-refractivity contribution in [3.05, 3.63) is 52.8 Å². The van der Waals surface area contributed by atoms with Crippen LogP contribution in [0.4, 0.5) is 14.9 Å². The predicted molar refractivity (Wildman–Crippen MR) is 91.7 cm³/mol. The van der Waals surface area contributed by atoms with Gasteiger partial charge in [0.05, 0.1) is 24.9 Å². The standard InChI is InChI=1S/C17H18ClFN2O3/c1-23-15-9-13(18)14(10-16(15)24-2)21-17(22)20-8-7-11-3-5-12(19)6-4-11/h3-6,9-10H,7-8H2,1-2H3,(H2,20,21,22). The van der Waals surface area contributed by atoms with E-state index in [2.05, 4.69) is 10.6 Å². The Morgan fingerprint density at radius 2 is 1.75 bits per heavy atom. The number of carbonyl (C=O) groups is 1. The number of methoxy groups -OCH3 is 2. The van der Waals surface area contributed by atoms with Gasteiger partial charge in [0.2, 0.25) is 0 Å². The number of hydrogen-bond donors (Lipinski definition) is 2. The van der Waals surface area contributed by atoms with Gasteiger partial charge in [0.15, 0.2) is 11.5 Å². The fourth-order valence-electron chi connectivity index (χ4n) is 2.09. The van der Waals surface area contributed by atoms with Crippen LogP contribution in [0.25, 0.3) is 0 Å². The molecule has 0 spiro atoms. The summed E-state index contributed by atoms with van der Waals surface area (Å²) < 4.78 is 23.1. The second-order valence-corrected chi connectivity index (χ2v) is 5.35. The number of anilines is 1. The molecule has 2 amide bonds. The summed E-state index contributed by atoms with van der Waals surface area (Å²) in [5.74, 6) is 0.654. The van der Waals surface area contributed by atoms with Crippen molar-refractivity contribution in [1.82, 2.24) is 5.32 Å². The first-order valence-corrected chi connectivity index (χ1v) is 7.62. The van der Waals surface area contributed by atoms with Crippen molar-refractivity contribution in [2.45, 2.75) is 6.42 Å². The van der Waals surface area contributed by atoms with Gasteiger partial charge < -0.3 is 20.1 Å². The van der Waals surface area contributed by atoms with Gasteiger partial charge in [0.1, 0.15) is 5.82 Å². The molecule has 2 aromatic carbocycles. The van der Waals surface area contributed by atoms with Crippen LogP contribution >= 0.6 is 11.6 Å². The Bertz CT molecular complexity index is 708. The second kappa shape index (κ2) is 8.40. The molecular formula is C17H18ClFN2O3. The SMILES string of the molecule is COc1cc(Cl)c(NC(=O)NCCc2ccc(F)cc2)cc1OC. The van der Waals surface area contributed by atoms with Crippen molar-refractivity contribution in [2.75, 3.05) is 26.1 Å². The fourth-order valence-corrected chi connectivity index (χ4v) is 2.29. The van der Waals surface area contributed by atoms with Gasteiger partial charge in [-0.2, -0.15) is 0 Å². The average Bonchev–Trinajstić information content (AvgIpc) is 2.58. The van der Waals surface area contributed by atoms with Crippen LogP contribution in [-0.2, 0) is 6.42 Å². The molecule has 24 heavy (non-hydrogen) atoms. The molecule has 0 saturated carbocycles. The summed E-state index contributed by atoms with van der Waals surface area (Å²) in [6.07, 6.45) is 0.591. The summed E-state index contributed by atoms with van der Waals surface area (Å²) in [6, 6.07) is 8.89. The molecule has 0 aliphatic carbocycles. The predicted octanol–water partition coefficient (Wildman–Crippen LogP) is 3.86. The summed E-state index contributed by atoms with van der Waals surface area (Å²) in [4.78, 5) is 12.0. The van der Waals surface area contributed by atoms with Crippen LogP contribution in [0.2, 0.25) is 5.02 Å². The molecule has 2 aromatic rings. The van der Waals surface area contributed by atoms with Crippen molar-refractivity contribution < 1.29 is 18.7 Å². The highest BCUT2D eigenvalue weighted by Crippen LogP contribution is 2.35. The smallest absolute Gasteiger partial charge is 0.319 e. The molecule has 0 radical (unpaired) electrons. The van der Waals surface area contributed by atoms with E-state index in [0.29, 0.717) is 35.2 Å². The number of amides is 2. The minimum atomic E-state index is -0.397. The zero-order valence-corrected chi connectivity index (χ0v) is 14.1. The van der Waals surface area contributed by atoms with E-state index >= 15 is 0 Å². The minimum Gasteiger partial charge on any atom is -0.493 e. The first kappa shape index (κ1) is 17.9. The molecule has 0 aromatic heterocycles. The number of rotatable bonds is 6. The highest BCUT2D eigenvalue weighted by molar-refractivity contribution is 6.34. The first-order chi connectivity index (χ1) is 11.5. The summed E-state index contributed by atoms with van der Waals surface area (Å²) in [6.45, 7) is 0.405. The number of hydrogen-bond acceptors (Lipinski definition) is 3. The van der Waals surface area contributed by atoms with Crippen LogP contribution < -0.4 is 20.1 Å². The molecule has 5 nitrogen and oxygen atoms in total. The topological polar surface area (TPSA) is 59.6 Å². The number of ether oxygens (including phenoxy) is 2. The minimum absolute atomic E-state index is 0.285. The van der Waals surface area contributed by atoms with Gasteiger partial charge in [-0.15, -0.1) is 0 Å². The molecule has 0 unspecified atom stereocenters. The van der Waals surface area contributed by atoms with Crippen LogP contribution in [0.3, 0.4) is 0 Å². The van der Waals surface area contributed by atoms with Gasteiger partial charge in [-0.25, -0.2) is 9.18 Å². The Balaban J connectivity index is 1.91. The lowest BCUT2D eigenvalue weighted by Gasteiger charge is -2.13. The summed E-state index contributed by atoms with van der Waals surface area (Å²) >= 11 is 6.11. The third kappa shape index (κ3) is 4.76. The van der Waals surface area contributed by atoms with Crippen molar-refractivity contribution in [1.29, 1.82) is 0 Å². The van der Waals surface area contributed by atoms with Crippen LogP contribution in [0.5, 0.6) is 11.5 Å². The highest BCUT2D eigenvalue weighted by atomic mass is 35.5. The van der Waals surface area contributed by atoms with Gasteiger partial charge in [0.25, 0.3) is 0 Å².